The number of amides is 3. The van der Waals surface area contributed by atoms with Crippen LogP contribution >= 0.6 is 11.3 Å². The molecule has 0 spiro atoms. The zero-order valence-corrected chi connectivity index (χ0v) is 17.2. The van der Waals surface area contributed by atoms with Crippen LogP contribution in [0.2, 0.25) is 0 Å². The van der Waals surface area contributed by atoms with Crippen molar-refractivity contribution < 1.29 is 39.5 Å². The molecule has 1 aliphatic rings. The fourth-order valence-electron chi connectivity index (χ4n) is 3.04. The van der Waals surface area contributed by atoms with Gasteiger partial charge in [-0.05, 0) is 35.9 Å². The average Bonchev–Trinajstić information content (AvgIpc) is 3.17. The molecule has 8 N–H and O–H groups in total. The number of anilines is 1. The normalized spacial score (nSPS) is 25.6. The Bertz CT molecular complexity index is 933. The van der Waals surface area contributed by atoms with E-state index in [9.17, 15) is 30.0 Å². The highest BCUT2D eigenvalue weighted by Gasteiger charge is 2.44. The van der Waals surface area contributed by atoms with E-state index in [0.717, 1.165) is 11.3 Å². The summed E-state index contributed by atoms with van der Waals surface area (Å²) in [5.74, 6) is -0.0829. The number of rotatable bonds is 6. The van der Waals surface area contributed by atoms with E-state index in [1.165, 1.54) is 7.05 Å². The van der Waals surface area contributed by atoms with Gasteiger partial charge in [0.25, 0.3) is 5.91 Å². The summed E-state index contributed by atoms with van der Waals surface area (Å²) >= 11 is 1.16. The maximum Gasteiger partial charge on any atom is 0.317 e. The summed E-state index contributed by atoms with van der Waals surface area (Å²) in [6.07, 6.45) is -6.91. The molecule has 1 saturated heterocycles. The SMILES string of the molecule is CNC(=O)c1cc(-c2ccc(OC3OC(CO)C(O)C(O)C3O)cc2)sc1NC(N)=O. The molecule has 3 rings (SSSR count). The van der Waals surface area contributed by atoms with Crippen molar-refractivity contribution >= 4 is 28.3 Å². The van der Waals surface area contributed by atoms with Crippen molar-refractivity contribution in [1.29, 1.82) is 0 Å². The molecule has 1 fully saturated rings. The number of nitrogens with two attached hydrogens (primary N) is 1. The Kier molecular flexibility index (Phi) is 7.10. The molecule has 3 amide bonds. The van der Waals surface area contributed by atoms with Crippen LogP contribution in [0.25, 0.3) is 10.4 Å². The Balaban J connectivity index is 1.78. The van der Waals surface area contributed by atoms with E-state index >= 15 is 0 Å². The van der Waals surface area contributed by atoms with Crippen molar-refractivity contribution in [2.45, 2.75) is 30.7 Å². The number of benzene rings is 1. The summed E-state index contributed by atoms with van der Waals surface area (Å²) in [6.45, 7) is -0.558. The number of ether oxygens (including phenoxy) is 2. The van der Waals surface area contributed by atoms with Crippen LogP contribution in [0.15, 0.2) is 30.3 Å². The third kappa shape index (κ3) is 4.95. The minimum Gasteiger partial charge on any atom is -0.462 e. The van der Waals surface area contributed by atoms with Gasteiger partial charge >= 0.3 is 6.03 Å². The van der Waals surface area contributed by atoms with Gasteiger partial charge in [-0.25, -0.2) is 4.79 Å². The smallest absolute Gasteiger partial charge is 0.317 e. The zero-order chi connectivity index (χ0) is 22.7. The van der Waals surface area contributed by atoms with E-state index in [-0.39, 0.29) is 11.5 Å². The predicted molar refractivity (Wildman–Crippen MR) is 111 cm³/mol. The minimum atomic E-state index is -1.54. The second-order valence-corrected chi connectivity index (χ2v) is 7.81. The largest absolute Gasteiger partial charge is 0.462 e. The Hall–Kier alpha value is -2.74. The molecule has 5 unspecified atom stereocenters. The second kappa shape index (κ2) is 9.60. The summed E-state index contributed by atoms with van der Waals surface area (Å²) in [7, 11) is 1.47. The molecule has 0 aliphatic carbocycles. The zero-order valence-electron chi connectivity index (χ0n) is 16.4. The number of hydrogen-bond donors (Lipinski definition) is 7. The van der Waals surface area contributed by atoms with Crippen LogP contribution in [-0.2, 0) is 4.74 Å². The molecular formula is C19H23N3O8S. The Morgan fingerprint density at radius 3 is 2.42 bits per heavy atom. The highest BCUT2D eigenvalue weighted by Crippen LogP contribution is 2.36. The van der Waals surface area contributed by atoms with Crippen LogP contribution in [0.4, 0.5) is 9.80 Å². The summed E-state index contributed by atoms with van der Waals surface area (Å²) in [6, 6.07) is 7.36. The first kappa shape index (κ1) is 22.9. The van der Waals surface area contributed by atoms with Crippen molar-refractivity contribution in [1.82, 2.24) is 5.32 Å². The number of primary amides is 1. The number of hydrogen-bond acceptors (Lipinski definition) is 9. The van der Waals surface area contributed by atoms with Crippen LogP contribution in [0.3, 0.4) is 0 Å². The number of nitrogens with one attached hydrogen (secondary N) is 2. The number of aliphatic hydroxyl groups excluding tert-OH is 4. The van der Waals surface area contributed by atoms with Gasteiger partial charge in [0.05, 0.1) is 12.2 Å². The molecule has 2 aromatic rings. The molecule has 5 atom stereocenters. The maximum atomic E-state index is 12.1. The fraction of sp³-hybridized carbons (Fsp3) is 0.368. The highest BCUT2D eigenvalue weighted by atomic mass is 32.1. The molecule has 12 heteroatoms. The van der Waals surface area contributed by atoms with E-state index in [1.807, 2.05) is 0 Å². The van der Waals surface area contributed by atoms with Gasteiger partial charge in [-0.3, -0.25) is 10.1 Å². The van der Waals surface area contributed by atoms with Crippen molar-refractivity contribution in [3.8, 4) is 16.2 Å². The van der Waals surface area contributed by atoms with E-state index in [1.54, 1.807) is 30.3 Å². The first-order valence-corrected chi connectivity index (χ1v) is 10.1. The number of carbonyl (C=O) groups is 2. The molecule has 1 aromatic heterocycles. The predicted octanol–water partition coefficient (Wildman–Crippen LogP) is -0.556. The van der Waals surface area contributed by atoms with Crippen molar-refractivity contribution in [3.05, 3.63) is 35.9 Å². The third-order valence-electron chi connectivity index (χ3n) is 4.68. The third-order valence-corrected chi connectivity index (χ3v) is 5.78. The molecule has 11 nitrogen and oxygen atoms in total. The first-order valence-electron chi connectivity index (χ1n) is 9.25. The summed E-state index contributed by atoms with van der Waals surface area (Å²) in [5, 5.41) is 44.2. The van der Waals surface area contributed by atoms with E-state index in [4.69, 9.17) is 15.2 Å². The van der Waals surface area contributed by atoms with Crippen LogP contribution in [0.1, 0.15) is 10.4 Å². The topological polar surface area (TPSA) is 184 Å². The number of urea groups is 1. The van der Waals surface area contributed by atoms with E-state index in [2.05, 4.69) is 10.6 Å². The standard InChI is InChI=1S/C19H23N3O8S/c1-21-16(27)10-6-12(31-17(10)22-19(20)28)8-2-4-9(5-3-8)29-18-15(26)14(25)13(24)11(7-23)30-18/h2-6,11,13-15,18,23-26H,7H2,1H3,(H,21,27)(H3,20,22,28). The molecule has 168 valence electrons. The van der Waals surface area contributed by atoms with E-state index in [0.29, 0.717) is 21.2 Å². The lowest BCUT2D eigenvalue weighted by Gasteiger charge is -2.39. The maximum absolute atomic E-state index is 12.1. The van der Waals surface area contributed by atoms with Crippen LogP contribution in [0.5, 0.6) is 5.75 Å². The monoisotopic (exact) mass is 453 g/mol. The van der Waals surface area contributed by atoms with Gasteiger partial charge in [0.15, 0.2) is 0 Å². The fourth-order valence-corrected chi connectivity index (χ4v) is 4.10. The summed E-state index contributed by atoms with van der Waals surface area (Å²) in [5.41, 5.74) is 6.15. The van der Waals surface area contributed by atoms with E-state index < -0.39 is 43.3 Å². The average molecular weight is 453 g/mol. The molecule has 1 aliphatic heterocycles. The highest BCUT2D eigenvalue weighted by molar-refractivity contribution is 7.20. The number of aliphatic hydroxyl groups is 4. The summed E-state index contributed by atoms with van der Waals surface area (Å²) < 4.78 is 10.9. The van der Waals surface area contributed by atoms with Gasteiger partial charge in [-0.15, -0.1) is 11.3 Å². The molecule has 0 bridgehead atoms. The molecule has 2 heterocycles. The Morgan fingerprint density at radius 2 is 1.84 bits per heavy atom. The lowest BCUT2D eigenvalue weighted by atomic mass is 9.99. The van der Waals surface area contributed by atoms with Gasteiger partial charge in [-0.1, -0.05) is 0 Å². The second-order valence-electron chi connectivity index (χ2n) is 6.76. The lowest BCUT2D eigenvalue weighted by molar-refractivity contribution is -0.277. The molecule has 1 aromatic carbocycles. The van der Waals surface area contributed by atoms with Crippen LogP contribution in [0, 0.1) is 0 Å². The Labute approximate surface area is 181 Å². The summed E-state index contributed by atoms with van der Waals surface area (Å²) in [4.78, 5) is 24.0. The number of carbonyl (C=O) groups excluding carboxylic acids is 2. The van der Waals surface area contributed by atoms with Crippen molar-refractivity contribution in [2.24, 2.45) is 5.73 Å². The first-order chi connectivity index (χ1) is 14.7. The van der Waals surface area contributed by atoms with Gasteiger partial charge in [0.1, 0.15) is 35.2 Å². The molecule has 0 radical (unpaired) electrons. The quantitative estimate of drug-likeness (QED) is 0.304. The molecule has 0 saturated carbocycles. The molecule has 31 heavy (non-hydrogen) atoms. The van der Waals surface area contributed by atoms with Gasteiger partial charge in [-0.2, -0.15) is 0 Å². The number of thiophene rings is 1. The van der Waals surface area contributed by atoms with Crippen LogP contribution < -0.4 is 21.1 Å². The molecular weight excluding hydrogens is 430 g/mol. The van der Waals surface area contributed by atoms with Crippen molar-refractivity contribution in [2.75, 3.05) is 19.0 Å². The van der Waals surface area contributed by atoms with Crippen molar-refractivity contribution in [3.63, 3.8) is 0 Å². The van der Waals surface area contributed by atoms with Crippen LogP contribution in [-0.4, -0.2) is 76.7 Å². The van der Waals surface area contributed by atoms with Gasteiger partial charge < -0.3 is 41.0 Å². The lowest BCUT2D eigenvalue weighted by Crippen LogP contribution is -2.60. The van der Waals surface area contributed by atoms with Gasteiger partial charge in [0.2, 0.25) is 6.29 Å². The van der Waals surface area contributed by atoms with Gasteiger partial charge in [0, 0.05) is 11.9 Å². The minimum absolute atomic E-state index is 0.267. The Morgan fingerprint density at radius 1 is 1.16 bits per heavy atom.